The van der Waals surface area contributed by atoms with E-state index in [1.54, 1.807) is 5.32 Å². The van der Waals surface area contributed by atoms with Gasteiger partial charge in [-0.25, -0.2) is 0 Å². The van der Waals surface area contributed by atoms with Crippen molar-refractivity contribution in [2.75, 3.05) is 66.0 Å². The van der Waals surface area contributed by atoms with Gasteiger partial charge in [-0.3, -0.25) is 4.79 Å². The molecule has 0 heterocycles. The maximum Gasteiger partial charge on any atom is 0.471 e. The molecule has 0 fully saturated rings. The lowest BCUT2D eigenvalue weighted by atomic mass is 10.5. The minimum absolute atomic E-state index is 0.0239. The highest BCUT2D eigenvalue weighted by molar-refractivity contribution is 5.81. The average Bonchev–Trinajstić information content (AvgIpc) is 2.46. The number of carbonyl (C=O) groups is 1. The van der Waals surface area contributed by atoms with Gasteiger partial charge in [0.25, 0.3) is 0 Å². The number of nitrogens with one attached hydrogen (secondary N) is 1. The third kappa shape index (κ3) is 14.0. The molecule has 0 spiro atoms. The predicted molar refractivity (Wildman–Crippen MR) is 69.4 cm³/mol. The van der Waals surface area contributed by atoms with E-state index in [0.717, 1.165) is 0 Å². The van der Waals surface area contributed by atoms with Gasteiger partial charge in [-0.15, -0.1) is 0 Å². The first-order chi connectivity index (χ1) is 10.5. The van der Waals surface area contributed by atoms with E-state index in [2.05, 4.69) is 0 Å². The topological polar surface area (TPSA) is 86.3 Å². The van der Waals surface area contributed by atoms with Crippen LogP contribution in [-0.4, -0.2) is 83.2 Å². The Kier molecular flexibility index (Phi) is 13.1. The van der Waals surface area contributed by atoms with Gasteiger partial charge in [0.1, 0.15) is 0 Å². The van der Waals surface area contributed by atoms with Crippen molar-refractivity contribution in [3.8, 4) is 0 Å². The molecule has 0 saturated carbocycles. The summed E-state index contributed by atoms with van der Waals surface area (Å²) < 4.78 is 55.7. The van der Waals surface area contributed by atoms with Crippen LogP contribution in [0.15, 0.2) is 0 Å². The van der Waals surface area contributed by atoms with E-state index in [9.17, 15) is 18.0 Å². The lowest BCUT2D eigenvalue weighted by molar-refractivity contribution is -0.173. The van der Waals surface area contributed by atoms with Crippen LogP contribution in [0.5, 0.6) is 0 Å². The van der Waals surface area contributed by atoms with E-state index >= 15 is 0 Å². The van der Waals surface area contributed by atoms with Crippen molar-refractivity contribution in [1.82, 2.24) is 5.32 Å². The number of alkyl halides is 3. The Morgan fingerprint density at radius 1 is 0.818 bits per heavy atom. The molecule has 0 aliphatic carbocycles. The first-order valence-electron chi connectivity index (χ1n) is 6.75. The number of aliphatic hydroxyl groups excluding tert-OH is 1. The van der Waals surface area contributed by atoms with E-state index in [1.807, 2.05) is 0 Å². The van der Waals surface area contributed by atoms with E-state index in [4.69, 9.17) is 24.1 Å². The first-order valence-corrected chi connectivity index (χ1v) is 6.75. The summed E-state index contributed by atoms with van der Waals surface area (Å²) in [5.41, 5.74) is 0. The molecule has 22 heavy (non-hydrogen) atoms. The minimum Gasteiger partial charge on any atom is -0.394 e. The average molecular weight is 333 g/mol. The SMILES string of the molecule is O=C(NCCOCCOCCOCCOCCO)C(F)(F)F. The molecule has 0 radical (unpaired) electrons. The largest absolute Gasteiger partial charge is 0.471 e. The van der Waals surface area contributed by atoms with Crippen molar-refractivity contribution in [2.45, 2.75) is 6.18 Å². The zero-order chi connectivity index (χ0) is 16.7. The fourth-order valence-electron chi connectivity index (χ4n) is 1.16. The van der Waals surface area contributed by atoms with Crippen molar-refractivity contribution in [3.63, 3.8) is 0 Å². The normalized spacial score (nSPS) is 11.6. The molecule has 10 heteroatoms. The maximum atomic E-state index is 11.8. The Hall–Kier alpha value is -0.940. The molecule has 132 valence electrons. The summed E-state index contributed by atoms with van der Waals surface area (Å²) in [5, 5.41) is 10.1. The van der Waals surface area contributed by atoms with Crippen LogP contribution in [-0.2, 0) is 23.7 Å². The zero-order valence-electron chi connectivity index (χ0n) is 12.2. The number of amides is 1. The number of hydrogen-bond donors (Lipinski definition) is 2. The number of aliphatic hydroxyl groups is 1. The zero-order valence-corrected chi connectivity index (χ0v) is 12.2. The molecular weight excluding hydrogens is 311 g/mol. The van der Waals surface area contributed by atoms with E-state index < -0.39 is 12.1 Å². The van der Waals surface area contributed by atoms with Gasteiger partial charge in [-0.1, -0.05) is 0 Å². The number of rotatable bonds is 14. The predicted octanol–water partition coefficient (Wildman–Crippen LogP) is -0.276. The monoisotopic (exact) mass is 333 g/mol. The third-order valence-electron chi connectivity index (χ3n) is 2.14. The van der Waals surface area contributed by atoms with Gasteiger partial charge in [0.15, 0.2) is 0 Å². The van der Waals surface area contributed by atoms with Crippen molar-refractivity contribution in [2.24, 2.45) is 0 Å². The van der Waals surface area contributed by atoms with E-state index in [1.165, 1.54) is 0 Å². The summed E-state index contributed by atoms with van der Waals surface area (Å²) in [7, 11) is 0. The minimum atomic E-state index is -4.87. The molecule has 0 atom stereocenters. The summed E-state index contributed by atoms with van der Waals surface area (Å²) in [6.07, 6.45) is -4.87. The molecule has 0 bridgehead atoms. The van der Waals surface area contributed by atoms with Crippen molar-refractivity contribution in [1.29, 1.82) is 0 Å². The molecule has 0 aromatic heterocycles. The molecule has 0 aliphatic heterocycles. The molecule has 0 unspecified atom stereocenters. The number of hydrogen-bond acceptors (Lipinski definition) is 6. The molecular formula is C12H22F3NO6. The van der Waals surface area contributed by atoms with Crippen LogP contribution < -0.4 is 5.32 Å². The van der Waals surface area contributed by atoms with Gasteiger partial charge in [0.2, 0.25) is 0 Å². The van der Waals surface area contributed by atoms with E-state index in [-0.39, 0.29) is 39.6 Å². The highest BCUT2D eigenvalue weighted by atomic mass is 19.4. The highest BCUT2D eigenvalue weighted by Crippen LogP contribution is 2.13. The van der Waals surface area contributed by atoms with Crippen LogP contribution >= 0.6 is 0 Å². The third-order valence-corrected chi connectivity index (χ3v) is 2.14. The number of ether oxygens (including phenoxy) is 4. The second-order valence-electron chi connectivity index (χ2n) is 3.93. The number of carbonyl (C=O) groups excluding carboxylic acids is 1. The van der Waals surface area contributed by atoms with Gasteiger partial charge in [-0.05, 0) is 0 Å². The lowest BCUT2D eigenvalue weighted by Crippen LogP contribution is -2.38. The first kappa shape index (κ1) is 21.1. The van der Waals surface area contributed by atoms with E-state index in [0.29, 0.717) is 26.4 Å². The van der Waals surface area contributed by atoms with Crippen LogP contribution in [0, 0.1) is 0 Å². The molecule has 7 nitrogen and oxygen atoms in total. The van der Waals surface area contributed by atoms with Gasteiger partial charge < -0.3 is 29.4 Å². The van der Waals surface area contributed by atoms with Crippen molar-refractivity contribution >= 4 is 5.91 Å². The van der Waals surface area contributed by atoms with Crippen LogP contribution in [0.3, 0.4) is 0 Å². The summed E-state index contributed by atoms with van der Waals surface area (Å²) in [6, 6.07) is 0. The fourth-order valence-corrected chi connectivity index (χ4v) is 1.16. The summed E-state index contributed by atoms with van der Waals surface area (Å²) in [6.45, 7) is 2.03. The lowest BCUT2D eigenvalue weighted by Gasteiger charge is -2.09. The van der Waals surface area contributed by atoms with Gasteiger partial charge in [-0.2, -0.15) is 13.2 Å². The molecule has 0 aromatic carbocycles. The van der Waals surface area contributed by atoms with Crippen LogP contribution in [0.25, 0.3) is 0 Å². The molecule has 0 aliphatic rings. The summed E-state index contributed by atoms with van der Waals surface area (Å²) in [5.74, 6) is -1.98. The quantitative estimate of drug-likeness (QED) is 0.426. The molecule has 1 amide bonds. The second-order valence-corrected chi connectivity index (χ2v) is 3.93. The molecule has 2 N–H and O–H groups in total. The Balaban J connectivity index is 3.13. The van der Waals surface area contributed by atoms with Crippen LogP contribution in [0.4, 0.5) is 13.2 Å². The van der Waals surface area contributed by atoms with Crippen molar-refractivity contribution in [3.05, 3.63) is 0 Å². The standard InChI is InChI=1S/C12H22F3NO6/c13-12(14,15)11(18)16-1-3-19-5-7-21-9-10-22-8-6-20-4-2-17/h17H,1-10H2,(H,16,18). The van der Waals surface area contributed by atoms with Crippen LogP contribution in [0.2, 0.25) is 0 Å². The Morgan fingerprint density at radius 2 is 1.23 bits per heavy atom. The second kappa shape index (κ2) is 13.7. The Labute approximate surface area is 126 Å². The Morgan fingerprint density at radius 3 is 1.64 bits per heavy atom. The summed E-state index contributed by atoms with van der Waals surface area (Å²) >= 11 is 0. The molecule has 0 rings (SSSR count). The van der Waals surface area contributed by atoms with Gasteiger partial charge >= 0.3 is 12.1 Å². The maximum absolute atomic E-state index is 11.8. The molecule has 0 aromatic rings. The fraction of sp³-hybridized carbons (Fsp3) is 0.917. The Bertz CT molecular complexity index is 278. The smallest absolute Gasteiger partial charge is 0.394 e. The highest BCUT2D eigenvalue weighted by Gasteiger charge is 2.38. The van der Waals surface area contributed by atoms with Crippen LogP contribution in [0.1, 0.15) is 0 Å². The molecule has 0 saturated heterocycles. The van der Waals surface area contributed by atoms with Crippen molar-refractivity contribution < 1.29 is 42.0 Å². The van der Waals surface area contributed by atoms with Gasteiger partial charge in [0.05, 0.1) is 59.5 Å². The summed E-state index contributed by atoms with van der Waals surface area (Å²) in [4.78, 5) is 10.4. The number of halogens is 3. The van der Waals surface area contributed by atoms with Gasteiger partial charge in [0, 0.05) is 6.54 Å².